The van der Waals surface area contributed by atoms with Crippen molar-refractivity contribution >= 4 is 23.2 Å². The molecule has 0 bridgehead atoms. The van der Waals surface area contributed by atoms with E-state index in [1.165, 1.54) is 5.56 Å². The summed E-state index contributed by atoms with van der Waals surface area (Å²) in [6.45, 7) is 10.5. The summed E-state index contributed by atoms with van der Waals surface area (Å²) in [5.74, 6) is 0. The zero-order valence-electron chi connectivity index (χ0n) is 14.8. The molecule has 1 aliphatic rings. The largest absolute Gasteiger partial charge is 0.312 e. The zero-order valence-corrected chi connectivity index (χ0v) is 16.3. The van der Waals surface area contributed by atoms with Crippen LogP contribution in [0.15, 0.2) is 30.3 Å². The highest BCUT2D eigenvalue weighted by atomic mass is 35.5. The van der Waals surface area contributed by atoms with Gasteiger partial charge in [0.15, 0.2) is 0 Å². The molecule has 0 radical (unpaired) electrons. The Balaban J connectivity index is 2.42. The van der Waals surface area contributed by atoms with Crippen LogP contribution in [0.5, 0.6) is 0 Å². The number of rotatable bonds is 6. The van der Waals surface area contributed by atoms with Crippen LogP contribution in [-0.2, 0) is 6.42 Å². The van der Waals surface area contributed by atoms with E-state index in [-0.39, 0.29) is 11.5 Å². The normalized spacial score (nSPS) is 33.6. The summed E-state index contributed by atoms with van der Waals surface area (Å²) >= 11 is 14.5. The Morgan fingerprint density at radius 2 is 1.74 bits per heavy atom. The molecule has 2 nitrogen and oxygen atoms in total. The van der Waals surface area contributed by atoms with Crippen LogP contribution in [0.25, 0.3) is 0 Å². The maximum Gasteiger partial charge on any atom is 0.115 e. The maximum atomic E-state index is 7.31. The first-order valence-electron chi connectivity index (χ1n) is 8.66. The minimum atomic E-state index is -0.631. The molecule has 0 spiro atoms. The van der Waals surface area contributed by atoms with Crippen molar-refractivity contribution in [2.45, 2.75) is 62.9 Å². The van der Waals surface area contributed by atoms with E-state index < -0.39 is 9.87 Å². The van der Waals surface area contributed by atoms with E-state index in [1.54, 1.807) is 0 Å². The molecule has 1 fully saturated rings. The van der Waals surface area contributed by atoms with Crippen LogP contribution in [0.2, 0.25) is 0 Å². The van der Waals surface area contributed by atoms with E-state index in [0.29, 0.717) is 0 Å². The van der Waals surface area contributed by atoms with E-state index >= 15 is 0 Å². The average Bonchev–Trinajstić information content (AvgIpc) is 2.46. The number of hydrogen-bond acceptors (Lipinski definition) is 2. The Hall–Kier alpha value is -0.280. The molecule has 0 saturated heterocycles. The van der Waals surface area contributed by atoms with Gasteiger partial charge in [0.1, 0.15) is 5.00 Å². The van der Waals surface area contributed by atoms with Crippen LogP contribution in [0.1, 0.15) is 46.1 Å². The predicted octanol–water partition coefficient (Wildman–Crippen LogP) is 4.55. The Bertz CT molecular complexity index is 505. The summed E-state index contributed by atoms with van der Waals surface area (Å²) in [5, 5.41) is 7.12. The zero-order chi connectivity index (χ0) is 17.1. The third-order valence-electron chi connectivity index (χ3n) is 4.90. The van der Waals surface area contributed by atoms with Gasteiger partial charge in [-0.1, -0.05) is 58.0 Å². The second-order valence-electron chi connectivity index (χ2n) is 7.51. The Labute approximate surface area is 151 Å². The molecular formula is C19H30Cl2N2. The third-order valence-corrected chi connectivity index (χ3v) is 6.32. The van der Waals surface area contributed by atoms with Crippen LogP contribution < -0.4 is 10.6 Å². The van der Waals surface area contributed by atoms with Gasteiger partial charge in [-0.3, -0.25) is 5.32 Å². The van der Waals surface area contributed by atoms with Crippen LogP contribution in [0, 0.1) is 5.41 Å². The van der Waals surface area contributed by atoms with Crippen molar-refractivity contribution in [3.63, 3.8) is 0 Å². The summed E-state index contributed by atoms with van der Waals surface area (Å²) in [6, 6.07) is 10.6. The van der Waals surface area contributed by atoms with Gasteiger partial charge in [-0.2, -0.15) is 0 Å². The maximum absolute atomic E-state index is 7.31. The molecule has 2 N–H and O–H groups in total. The van der Waals surface area contributed by atoms with Crippen molar-refractivity contribution in [2.24, 2.45) is 5.41 Å². The second-order valence-corrected chi connectivity index (χ2v) is 8.83. The number of alkyl halides is 2. The molecular weight excluding hydrogens is 327 g/mol. The van der Waals surface area contributed by atoms with Gasteiger partial charge in [-0.25, -0.2) is 0 Å². The van der Waals surface area contributed by atoms with Gasteiger partial charge in [-0.15, -0.1) is 23.2 Å². The highest BCUT2D eigenvalue weighted by Gasteiger charge is 2.59. The molecule has 130 valence electrons. The third kappa shape index (κ3) is 4.04. The van der Waals surface area contributed by atoms with Crippen molar-refractivity contribution in [2.75, 3.05) is 13.1 Å². The molecule has 0 heterocycles. The average molecular weight is 357 g/mol. The van der Waals surface area contributed by atoms with Gasteiger partial charge in [0.25, 0.3) is 0 Å². The Morgan fingerprint density at radius 3 is 2.30 bits per heavy atom. The van der Waals surface area contributed by atoms with E-state index in [9.17, 15) is 0 Å². The lowest BCUT2D eigenvalue weighted by Gasteiger charge is -2.56. The topological polar surface area (TPSA) is 24.1 Å². The van der Waals surface area contributed by atoms with Crippen molar-refractivity contribution in [1.82, 2.24) is 10.6 Å². The minimum Gasteiger partial charge on any atom is -0.312 e. The molecule has 23 heavy (non-hydrogen) atoms. The first kappa shape index (κ1) is 19.1. The Morgan fingerprint density at radius 1 is 1.09 bits per heavy atom. The van der Waals surface area contributed by atoms with Gasteiger partial charge in [0, 0.05) is 6.04 Å². The molecule has 1 aromatic rings. The summed E-state index contributed by atoms with van der Waals surface area (Å²) < 4.78 is 0. The fourth-order valence-electron chi connectivity index (χ4n) is 4.00. The number of benzene rings is 1. The molecule has 1 saturated carbocycles. The highest BCUT2D eigenvalue weighted by molar-refractivity contribution is 6.35. The van der Waals surface area contributed by atoms with Crippen molar-refractivity contribution < 1.29 is 0 Å². The lowest BCUT2D eigenvalue weighted by Crippen LogP contribution is -2.70. The van der Waals surface area contributed by atoms with Crippen LogP contribution in [-0.4, -0.2) is 29.0 Å². The molecule has 3 unspecified atom stereocenters. The quantitative estimate of drug-likeness (QED) is 0.577. The van der Waals surface area contributed by atoms with Crippen molar-refractivity contribution in [1.29, 1.82) is 0 Å². The first-order chi connectivity index (χ1) is 10.8. The molecule has 0 amide bonds. The van der Waals surface area contributed by atoms with E-state index in [1.807, 2.05) is 6.07 Å². The molecule has 3 atom stereocenters. The number of nitrogens with one attached hydrogen (secondary N) is 2. The lowest BCUT2D eigenvalue weighted by molar-refractivity contribution is 0.0953. The summed E-state index contributed by atoms with van der Waals surface area (Å²) in [5.41, 5.74) is 1.37. The van der Waals surface area contributed by atoms with E-state index in [0.717, 1.165) is 32.4 Å². The number of halogens is 2. The Kier molecular flexibility index (Phi) is 6.05. The molecule has 2 rings (SSSR count). The fourth-order valence-corrected chi connectivity index (χ4v) is 5.13. The lowest BCUT2D eigenvalue weighted by atomic mass is 9.65. The van der Waals surface area contributed by atoms with Crippen molar-refractivity contribution in [3.8, 4) is 0 Å². The van der Waals surface area contributed by atoms with Crippen LogP contribution in [0.3, 0.4) is 0 Å². The first-order valence-corrected chi connectivity index (χ1v) is 9.42. The summed E-state index contributed by atoms with van der Waals surface area (Å²) in [6.07, 6.45) is 2.63. The standard InChI is InChI=1S/C19H30Cl2N2/c1-5-22-16-13-17(3,4)14-19(21,23-6-2)18(16,20)12-15-10-8-7-9-11-15/h7-11,16,22-23H,5-6,12-14H2,1-4H3. The SMILES string of the molecule is CCNC1CC(C)(C)CC(Cl)(NCC)C1(Cl)Cc1ccccc1. The summed E-state index contributed by atoms with van der Waals surface area (Å²) in [4.78, 5) is -1.20. The van der Waals surface area contributed by atoms with Crippen LogP contribution in [0.4, 0.5) is 0 Å². The monoisotopic (exact) mass is 356 g/mol. The highest BCUT2D eigenvalue weighted by Crippen LogP contribution is 2.53. The van der Waals surface area contributed by atoms with Gasteiger partial charge < -0.3 is 5.32 Å². The number of hydrogen-bond donors (Lipinski definition) is 2. The smallest absolute Gasteiger partial charge is 0.115 e. The summed E-state index contributed by atoms with van der Waals surface area (Å²) in [7, 11) is 0. The molecule has 0 aromatic heterocycles. The van der Waals surface area contributed by atoms with Gasteiger partial charge in [0.05, 0.1) is 4.87 Å². The second kappa shape index (κ2) is 7.31. The fraction of sp³-hybridized carbons (Fsp3) is 0.684. The molecule has 0 aliphatic heterocycles. The van der Waals surface area contributed by atoms with E-state index in [2.05, 4.69) is 62.6 Å². The van der Waals surface area contributed by atoms with Gasteiger partial charge >= 0.3 is 0 Å². The molecule has 4 heteroatoms. The van der Waals surface area contributed by atoms with Gasteiger partial charge in [0.2, 0.25) is 0 Å². The molecule has 1 aromatic carbocycles. The van der Waals surface area contributed by atoms with E-state index in [4.69, 9.17) is 23.2 Å². The predicted molar refractivity (Wildman–Crippen MR) is 101 cm³/mol. The minimum absolute atomic E-state index is 0.145. The molecule has 1 aliphatic carbocycles. The van der Waals surface area contributed by atoms with Gasteiger partial charge in [-0.05, 0) is 43.3 Å². The van der Waals surface area contributed by atoms with Crippen molar-refractivity contribution in [3.05, 3.63) is 35.9 Å². The van der Waals surface area contributed by atoms with Crippen LogP contribution >= 0.6 is 23.2 Å².